The Morgan fingerprint density at radius 2 is 1.71 bits per heavy atom. The maximum Gasteiger partial charge on any atom is -0.0140 e. The highest BCUT2D eigenvalue weighted by Crippen LogP contribution is 2.22. The Hall–Kier alpha value is -0.430. The van der Waals surface area contributed by atoms with Crippen molar-refractivity contribution in [2.24, 2.45) is 0 Å². The van der Waals surface area contributed by atoms with Crippen molar-refractivity contribution in [3.63, 3.8) is 0 Å². The fourth-order valence-corrected chi connectivity index (χ4v) is 1.65. The van der Waals surface area contributed by atoms with Gasteiger partial charge in [0.05, 0.1) is 0 Å². The third-order valence-corrected chi connectivity index (χ3v) is 3.46. The average Bonchev–Trinajstić information content (AvgIpc) is 2.22. The van der Waals surface area contributed by atoms with Crippen LogP contribution in [0, 0.1) is 0 Å². The van der Waals surface area contributed by atoms with Gasteiger partial charge < -0.3 is 0 Å². The summed E-state index contributed by atoms with van der Waals surface area (Å²) in [6.45, 7) is 10.8. The second-order valence-corrected chi connectivity index (χ2v) is 4.46. The number of rotatable bonds is 4. The van der Waals surface area contributed by atoms with Gasteiger partial charge in [-0.2, -0.15) is 0 Å². The molecule has 0 atom stereocenters. The van der Waals surface area contributed by atoms with Crippen LogP contribution >= 0.6 is 11.8 Å². The van der Waals surface area contributed by atoms with Gasteiger partial charge in [0.1, 0.15) is 0 Å². The molecule has 0 aromatic heterocycles. The molecular weight excluding hydrogens is 188 g/mol. The molecule has 0 spiro atoms. The normalized spacial score (nSPS) is 15.6. The topological polar surface area (TPSA) is 0 Å². The first-order valence-electron chi connectivity index (χ1n) is 5.12. The molecule has 0 heterocycles. The Morgan fingerprint density at radius 3 is 2.07 bits per heavy atom. The Bertz CT molecular complexity index is 267. The maximum atomic E-state index is 2.31. The molecule has 80 valence electrons. The number of allylic oxidation sites excluding steroid dienone is 6. The van der Waals surface area contributed by atoms with E-state index < -0.39 is 0 Å². The maximum absolute atomic E-state index is 2.31. The van der Waals surface area contributed by atoms with E-state index in [4.69, 9.17) is 0 Å². The highest BCUT2D eigenvalue weighted by atomic mass is 32.2. The van der Waals surface area contributed by atoms with E-state index >= 15 is 0 Å². The highest BCUT2D eigenvalue weighted by Gasteiger charge is 1.98. The minimum absolute atomic E-state index is 1.11. The monoisotopic (exact) mass is 210 g/mol. The first-order valence-corrected chi connectivity index (χ1v) is 6.34. The summed E-state index contributed by atoms with van der Waals surface area (Å²) in [5.41, 5.74) is 4.19. The molecule has 0 aromatic carbocycles. The smallest absolute Gasteiger partial charge is 0.0140 e. The predicted octanol–water partition coefficient (Wildman–Crippen LogP) is 4.95. The van der Waals surface area contributed by atoms with E-state index in [0.717, 1.165) is 6.42 Å². The molecule has 0 nitrogen and oxygen atoms in total. The lowest BCUT2D eigenvalue weighted by atomic mass is 10.0. The second kappa shape index (κ2) is 6.94. The van der Waals surface area contributed by atoms with E-state index in [2.05, 4.69) is 53.0 Å². The van der Waals surface area contributed by atoms with Gasteiger partial charge in [-0.05, 0) is 56.4 Å². The first-order chi connectivity index (χ1) is 6.56. The van der Waals surface area contributed by atoms with Crippen LogP contribution < -0.4 is 0 Å². The van der Waals surface area contributed by atoms with E-state index in [-0.39, 0.29) is 0 Å². The fraction of sp³-hybridized carbons (Fsp3) is 0.538. The zero-order valence-corrected chi connectivity index (χ0v) is 11.1. The third-order valence-electron chi connectivity index (χ3n) is 2.59. The van der Waals surface area contributed by atoms with Crippen LogP contribution in [0.4, 0.5) is 0 Å². The van der Waals surface area contributed by atoms with Crippen LogP contribution in [0.5, 0.6) is 0 Å². The van der Waals surface area contributed by atoms with Gasteiger partial charge in [0.2, 0.25) is 0 Å². The minimum Gasteiger partial charge on any atom is -0.134 e. The largest absolute Gasteiger partial charge is 0.134 e. The van der Waals surface area contributed by atoms with Crippen LogP contribution in [0.1, 0.15) is 41.0 Å². The van der Waals surface area contributed by atoms with Gasteiger partial charge in [-0.25, -0.2) is 0 Å². The van der Waals surface area contributed by atoms with Crippen molar-refractivity contribution in [2.75, 3.05) is 6.26 Å². The summed E-state index contributed by atoms with van der Waals surface area (Å²) in [4.78, 5) is 1.43. The van der Waals surface area contributed by atoms with Crippen molar-refractivity contribution in [1.29, 1.82) is 0 Å². The van der Waals surface area contributed by atoms with Gasteiger partial charge in [-0.3, -0.25) is 0 Å². The molecule has 0 saturated heterocycles. The van der Waals surface area contributed by atoms with Crippen molar-refractivity contribution in [3.05, 3.63) is 33.8 Å². The van der Waals surface area contributed by atoms with E-state index in [1.807, 2.05) is 11.8 Å². The quantitative estimate of drug-likeness (QED) is 0.592. The lowest BCUT2D eigenvalue weighted by Crippen LogP contribution is -1.85. The minimum atomic E-state index is 1.11. The summed E-state index contributed by atoms with van der Waals surface area (Å²) in [5, 5.41) is 0. The molecule has 0 bridgehead atoms. The highest BCUT2D eigenvalue weighted by molar-refractivity contribution is 8.02. The number of hydrogen-bond acceptors (Lipinski definition) is 1. The molecule has 0 aliphatic rings. The lowest BCUT2D eigenvalue weighted by molar-refractivity contribution is 1.12. The molecule has 0 amide bonds. The first kappa shape index (κ1) is 13.6. The summed E-state index contributed by atoms with van der Waals surface area (Å²) in [5.74, 6) is 0. The van der Waals surface area contributed by atoms with Crippen LogP contribution in [0.15, 0.2) is 33.8 Å². The van der Waals surface area contributed by atoms with Crippen LogP contribution in [-0.4, -0.2) is 6.26 Å². The number of hydrogen-bond donors (Lipinski definition) is 0. The molecule has 0 aromatic rings. The van der Waals surface area contributed by atoms with Crippen LogP contribution in [0.3, 0.4) is 0 Å². The fourth-order valence-electron chi connectivity index (χ4n) is 1.19. The summed E-state index contributed by atoms with van der Waals surface area (Å²) in [6.07, 6.45) is 7.71. The van der Waals surface area contributed by atoms with Crippen molar-refractivity contribution in [2.45, 2.75) is 41.0 Å². The van der Waals surface area contributed by atoms with Crippen LogP contribution in [0.2, 0.25) is 0 Å². The summed E-state index contributed by atoms with van der Waals surface area (Å²) in [7, 11) is 0. The molecule has 0 rings (SSSR count). The van der Waals surface area contributed by atoms with Crippen molar-refractivity contribution in [3.8, 4) is 0 Å². The lowest BCUT2D eigenvalue weighted by Gasteiger charge is -2.06. The Kier molecular flexibility index (Phi) is 6.73. The van der Waals surface area contributed by atoms with Gasteiger partial charge in [0.25, 0.3) is 0 Å². The van der Waals surface area contributed by atoms with Crippen molar-refractivity contribution >= 4 is 11.8 Å². The van der Waals surface area contributed by atoms with E-state index in [1.54, 1.807) is 0 Å². The Labute approximate surface area is 93.2 Å². The van der Waals surface area contributed by atoms with E-state index in [0.29, 0.717) is 0 Å². The second-order valence-electron chi connectivity index (χ2n) is 3.44. The van der Waals surface area contributed by atoms with E-state index in [9.17, 15) is 0 Å². The zero-order valence-electron chi connectivity index (χ0n) is 10.3. The zero-order chi connectivity index (χ0) is 11.1. The Morgan fingerprint density at radius 1 is 1.14 bits per heavy atom. The summed E-state index contributed by atoms with van der Waals surface area (Å²) in [6, 6.07) is 0. The molecule has 0 saturated carbocycles. The number of thioether (sulfide) groups is 1. The molecule has 0 fully saturated rings. The SMILES string of the molecule is C\C=C(C)/C(C)=C\C(CC)=C(/C)SC. The molecule has 1 heteroatoms. The third kappa shape index (κ3) is 4.19. The molecule has 0 radical (unpaired) electrons. The van der Waals surface area contributed by atoms with Crippen LogP contribution in [0.25, 0.3) is 0 Å². The molecule has 14 heavy (non-hydrogen) atoms. The molecule has 0 aliphatic heterocycles. The van der Waals surface area contributed by atoms with Crippen molar-refractivity contribution in [1.82, 2.24) is 0 Å². The van der Waals surface area contributed by atoms with Crippen LogP contribution in [-0.2, 0) is 0 Å². The average molecular weight is 210 g/mol. The van der Waals surface area contributed by atoms with Gasteiger partial charge in [0.15, 0.2) is 0 Å². The molecular formula is C13H22S. The van der Waals surface area contributed by atoms with Gasteiger partial charge in [-0.15, -0.1) is 11.8 Å². The summed E-state index contributed by atoms with van der Waals surface area (Å²) >= 11 is 1.83. The summed E-state index contributed by atoms with van der Waals surface area (Å²) < 4.78 is 0. The molecule has 0 unspecified atom stereocenters. The predicted molar refractivity (Wildman–Crippen MR) is 69.7 cm³/mol. The molecule has 0 aliphatic carbocycles. The Balaban J connectivity index is 4.94. The van der Waals surface area contributed by atoms with Crippen molar-refractivity contribution < 1.29 is 0 Å². The molecule has 0 N–H and O–H groups in total. The van der Waals surface area contributed by atoms with Gasteiger partial charge >= 0.3 is 0 Å². The standard InChI is InChI=1S/C13H22S/c1-7-10(3)11(4)9-13(8-2)12(5)14-6/h7,9H,8H2,1-6H3/b10-7-,11-9-,13-12+. The van der Waals surface area contributed by atoms with Gasteiger partial charge in [0, 0.05) is 0 Å². The van der Waals surface area contributed by atoms with E-state index in [1.165, 1.54) is 21.6 Å². The van der Waals surface area contributed by atoms with Gasteiger partial charge in [-0.1, -0.05) is 24.6 Å².